The molecule has 0 unspecified atom stereocenters. The van der Waals surface area contributed by atoms with Gasteiger partial charge in [-0.05, 0) is 34.1 Å². The van der Waals surface area contributed by atoms with E-state index >= 15 is 0 Å². The van der Waals surface area contributed by atoms with Crippen LogP contribution in [0.5, 0.6) is 11.5 Å². The van der Waals surface area contributed by atoms with Crippen LogP contribution in [0.1, 0.15) is 0 Å². The lowest BCUT2D eigenvalue weighted by Crippen LogP contribution is -2.33. The third kappa shape index (κ3) is 3.85. The van der Waals surface area contributed by atoms with E-state index in [1.165, 1.54) is 19.5 Å². The molecule has 5 rings (SSSR count). The summed E-state index contributed by atoms with van der Waals surface area (Å²) in [6, 6.07) is 6.29. The summed E-state index contributed by atoms with van der Waals surface area (Å²) >= 11 is 9.15. The second-order valence-electron chi connectivity index (χ2n) is 7.39. The molecule has 168 valence electrons. The molecule has 2 aliphatic rings. The lowest BCUT2D eigenvalue weighted by atomic mass is 10.1. The van der Waals surface area contributed by atoms with Crippen LogP contribution in [-0.2, 0) is 9.47 Å². The average Bonchev–Trinajstić information content (AvgIpc) is 3.35. The molecule has 1 aromatic heterocycles. The quantitative estimate of drug-likeness (QED) is 0.476. The molecule has 0 aliphatic carbocycles. The number of hydrogen-bond acceptors (Lipinski definition) is 7. The van der Waals surface area contributed by atoms with Crippen LogP contribution in [0.15, 0.2) is 35.1 Å². The fraction of sp³-hybridized carbons (Fsp3) is 0.333. The second kappa shape index (κ2) is 8.58. The first-order valence-electron chi connectivity index (χ1n) is 9.73. The number of anilines is 2. The minimum Gasteiger partial charge on any atom is -0.493 e. The van der Waals surface area contributed by atoms with E-state index in [-0.39, 0.29) is 22.7 Å². The highest BCUT2D eigenvalue weighted by molar-refractivity contribution is 9.10. The molecular formula is C21H17BrClF2N3O4. The summed E-state index contributed by atoms with van der Waals surface area (Å²) in [5, 5.41) is 3.91. The Labute approximate surface area is 195 Å². The highest BCUT2D eigenvalue weighted by Gasteiger charge is 2.49. The third-order valence-corrected chi connectivity index (χ3v) is 6.73. The molecule has 0 saturated carbocycles. The Morgan fingerprint density at radius 1 is 1.12 bits per heavy atom. The van der Waals surface area contributed by atoms with Gasteiger partial charge in [-0.3, -0.25) is 0 Å². The molecule has 2 aliphatic heterocycles. The Morgan fingerprint density at radius 3 is 2.72 bits per heavy atom. The molecule has 0 radical (unpaired) electrons. The molecule has 7 nitrogen and oxygen atoms in total. The van der Waals surface area contributed by atoms with E-state index in [4.69, 9.17) is 30.5 Å². The van der Waals surface area contributed by atoms with Gasteiger partial charge in [-0.1, -0.05) is 11.6 Å². The molecule has 2 saturated heterocycles. The van der Waals surface area contributed by atoms with Crippen molar-refractivity contribution in [2.75, 3.05) is 25.6 Å². The third-order valence-electron chi connectivity index (χ3n) is 5.39. The molecule has 32 heavy (non-hydrogen) atoms. The fourth-order valence-corrected chi connectivity index (χ4v) is 4.30. The molecule has 3 heterocycles. The van der Waals surface area contributed by atoms with Gasteiger partial charge >= 0.3 is 0 Å². The first kappa shape index (κ1) is 21.6. The first-order chi connectivity index (χ1) is 15.4. The summed E-state index contributed by atoms with van der Waals surface area (Å²) in [5.74, 6) is 0.769. The standard InChI is InChI=1S/C21H17BrClF2N3O4/c1-29-15-4-10-14(5-16(15)32-17-7-31-19-13(25)6-30-20(17)19)26-8-27-21(10)28-9-2-11(23)18(22)12(24)3-9/h2-5,8,13,17,19-20H,6-7H2,1H3,(H,26,27,28)/t13-,17-,19+,20+/m1/s1. The van der Waals surface area contributed by atoms with Gasteiger partial charge in [-0.25, -0.2) is 18.7 Å². The van der Waals surface area contributed by atoms with Crippen molar-refractivity contribution in [3.8, 4) is 11.5 Å². The van der Waals surface area contributed by atoms with Crippen LogP contribution >= 0.6 is 27.5 Å². The minimum absolute atomic E-state index is 0.00697. The molecule has 4 atom stereocenters. The van der Waals surface area contributed by atoms with E-state index in [1.54, 1.807) is 18.2 Å². The van der Waals surface area contributed by atoms with Gasteiger partial charge < -0.3 is 24.3 Å². The number of nitrogens with zero attached hydrogens (tertiary/aromatic N) is 2. The highest BCUT2D eigenvalue weighted by Crippen LogP contribution is 2.38. The number of halogens is 4. The Morgan fingerprint density at radius 2 is 1.94 bits per heavy atom. The topological polar surface area (TPSA) is 74.7 Å². The molecule has 2 fully saturated rings. The van der Waals surface area contributed by atoms with Gasteiger partial charge in [-0.2, -0.15) is 0 Å². The van der Waals surface area contributed by atoms with Crippen LogP contribution < -0.4 is 14.8 Å². The SMILES string of the molecule is COc1cc2c(Nc3cc(F)c(Br)c(Cl)c3)ncnc2cc1O[C@@H]1CO[C@@H]2[C@H]1OC[C@H]2F. The van der Waals surface area contributed by atoms with Crippen molar-refractivity contribution in [3.63, 3.8) is 0 Å². The molecule has 3 aromatic rings. The molecular weight excluding hydrogens is 512 g/mol. The number of ether oxygens (including phenoxy) is 4. The van der Waals surface area contributed by atoms with Crippen molar-refractivity contribution in [1.82, 2.24) is 9.97 Å². The molecule has 2 aromatic carbocycles. The van der Waals surface area contributed by atoms with E-state index in [0.717, 1.165) is 0 Å². The Bertz CT molecular complexity index is 1160. The Kier molecular flexibility index (Phi) is 5.79. The van der Waals surface area contributed by atoms with Crippen molar-refractivity contribution in [1.29, 1.82) is 0 Å². The number of nitrogens with one attached hydrogen (secondary N) is 1. The maximum absolute atomic E-state index is 14.1. The zero-order chi connectivity index (χ0) is 22.4. The summed E-state index contributed by atoms with van der Waals surface area (Å²) < 4.78 is 50.7. The fourth-order valence-electron chi connectivity index (χ4n) is 3.86. The molecule has 0 spiro atoms. The van der Waals surface area contributed by atoms with Gasteiger partial charge in [0.25, 0.3) is 0 Å². The molecule has 1 N–H and O–H groups in total. The lowest BCUT2D eigenvalue weighted by molar-refractivity contribution is 0.0271. The number of methoxy groups -OCH3 is 1. The van der Waals surface area contributed by atoms with Gasteiger partial charge in [0.15, 0.2) is 23.8 Å². The predicted molar refractivity (Wildman–Crippen MR) is 117 cm³/mol. The Hall–Kier alpha value is -2.27. The summed E-state index contributed by atoms with van der Waals surface area (Å²) in [7, 11) is 1.51. The number of aromatic nitrogens is 2. The zero-order valence-corrected chi connectivity index (χ0v) is 19.0. The van der Waals surface area contributed by atoms with E-state index in [9.17, 15) is 8.78 Å². The van der Waals surface area contributed by atoms with Crippen LogP contribution in [-0.4, -0.2) is 54.8 Å². The van der Waals surface area contributed by atoms with E-state index in [2.05, 4.69) is 31.2 Å². The summed E-state index contributed by atoms with van der Waals surface area (Å²) in [4.78, 5) is 8.57. The van der Waals surface area contributed by atoms with E-state index in [0.29, 0.717) is 33.9 Å². The van der Waals surface area contributed by atoms with E-state index < -0.39 is 30.3 Å². The first-order valence-corrected chi connectivity index (χ1v) is 10.9. The van der Waals surface area contributed by atoms with Gasteiger partial charge in [0.1, 0.15) is 30.2 Å². The number of alkyl halides is 1. The van der Waals surface area contributed by atoms with Crippen molar-refractivity contribution < 1.29 is 27.7 Å². The number of benzene rings is 2. The van der Waals surface area contributed by atoms with Crippen molar-refractivity contribution in [2.45, 2.75) is 24.5 Å². The smallest absolute Gasteiger partial charge is 0.164 e. The average molecular weight is 529 g/mol. The van der Waals surface area contributed by atoms with Crippen molar-refractivity contribution in [3.05, 3.63) is 45.9 Å². The van der Waals surface area contributed by atoms with Crippen LogP contribution in [0.3, 0.4) is 0 Å². The highest BCUT2D eigenvalue weighted by atomic mass is 79.9. The summed E-state index contributed by atoms with van der Waals surface area (Å²) in [6.45, 7) is 0.205. The van der Waals surface area contributed by atoms with Crippen molar-refractivity contribution in [2.24, 2.45) is 0 Å². The van der Waals surface area contributed by atoms with Crippen molar-refractivity contribution >= 4 is 49.9 Å². The number of hydrogen-bond donors (Lipinski definition) is 1. The monoisotopic (exact) mass is 527 g/mol. The molecule has 11 heteroatoms. The predicted octanol–water partition coefficient (Wildman–Crippen LogP) is 4.82. The zero-order valence-electron chi connectivity index (χ0n) is 16.6. The maximum Gasteiger partial charge on any atom is 0.164 e. The molecule has 0 bridgehead atoms. The van der Waals surface area contributed by atoms with Crippen LogP contribution in [0.4, 0.5) is 20.3 Å². The van der Waals surface area contributed by atoms with E-state index in [1.807, 2.05) is 0 Å². The van der Waals surface area contributed by atoms with Gasteiger partial charge in [0.05, 0.1) is 35.3 Å². The number of rotatable bonds is 5. The normalized spacial score (nSPS) is 24.5. The number of fused-ring (bicyclic) bond motifs is 2. The lowest BCUT2D eigenvalue weighted by Gasteiger charge is -2.20. The second-order valence-corrected chi connectivity index (χ2v) is 8.59. The van der Waals surface area contributed by atoms with Crippen LogP contribution in [0.25, 0.3) is 10.9 Å². The minimum atomic E-state index is -1.16. The molecule has 0 amide bonds. The largest absolute Gasteiger partial charge is 0.493 e. The summed E-state index contributed by atoms with van der Waals surface area (Å²) in [5.41, 5.74) is 0.983. The van der Waals surface area contributed by atoms with Crippen LogP contribution in [0, 0.1) is 5.82 Å². The van der Waals surface area contributed by atoms with Crippen LogP contribution in [0.2, 0.25) is 5.02 Å². The van der Waals surface area contributed by atoms with Gasteiger partial charge in [0, 0.05) is 17.1 Å². The maximum atomic E-state index is 14.1. The van der Waals surface area contributed by atoms with Gasteiger partial charge in [0.2, 0.25) is 0 Å². The summed E-state index contributed by atoms with van der Waals surface area (Å²) in [6.07, 6.45) is -1.36. The van der Waals surface area contributed by atoms with Gasteiger partial charge in [-0.15, -0.1) is 0 Å². The Balaban J connectivity index is 1.46.